The Hall–Kier alpha value is 1.76. The Bertz CT molecular complexity index is 152. The number of halogens is 4. The summed E-state index contributed by atoms with van der Waals surface area (Å²) in [5, 5.41) is 6.95. The van der Waals surface area contributed by atoms with Crippen molar-refractivity contribution in [2.45, 2.75) is 57.8 Å². The molecule has 0 aromatic heterocycles. The van der Waals surface area contributed by atoms with E-state index in [1.807, 2.05) is 0 Å². The van der Waals surface area contributed by atoms with E-state index >= 15 is 0 Å². The molecule has 0 unspecified atom stereocenters. The van der Waals surface area contributed by atoms with E-state index in [0.29, 0.717) is 0 Å². The minimum Gasteiger partial charge on any atom is -0.330 e. The largest absolute Gasteiger partial charge is 0.330 e. The van der Waals surface area contributed by atoms with E-state index in [-0.39, 0.29) is 67.9 Å². The molecule has 0 fully saturated rings. The maximum atomic E-state index is 5.44. The summed E-state index contributed by atoms with van der Waals surface area (Å²) in [5.74, 6) is 0. The van der Waals surface area contributed by atoms with Gasteiger partial charge in [0.1, 0.15) is 0 Å². The normalized spacial score (nSPS) is 9.13. The zero-order valence-electron chi connectivity index (χ0n) is 14.4. The van der Waals surface area contributed by atoms with E-state index in [2.05, 4.69) is 10.6 Å². The van der Waals surface area contributed by atoms with Gasteiger partial charge in [-0.25, -0.2) is 0 Å². The monoisotopic (exact) mass is 592 g/mol. The number of nitrogens with two attached hydrogens (primary N) is 2. The van der Waals surface area contributed by atoms with Gasteiger partial charge in [0, 0.05) is 0 Å². The van der Waals surface area contributed by atoms with Gasteiger partial charge in [0.2, 0.25) is 0 Å². The predicted molar refractivity (Wildman–Crippen MR) is 127 cm³/mol. The molecule has 0 rings (SSSR count). The van der Waals surface area contributed by atoms with Crippen molar-refractivity contribution in [1.29, 1.82) is 0 Å². The highest BCUT2D eigenvalue weighted by atomic mass is 79.9. The molecule has 0 saturated carbocycles. The Morgan fingerprint density at radius 1 is 0.391 bits per heavy atom. The fraction of sp³-hybridized carbons (Fsp3) is 1.00. The predicted octanol–water partition coefficient (Wildman–Crippen LogP) is 3.91. The van der Waals surface area contributed by atoms with Gasteiger partial charge in [-0.05, 0) is 77.8 Å². The summed E-state index contributed by atoms with van der Waals surface area (Å²) in [7, 11) is 0. The van der Waals surface area contributed by atoms with Crippen molar-refractivity contribution in [2.75, 3.05) is 39.3 Å². The van der Waals surface area contributed by atoms with E-state index < -0.39 is 0 Å². The van der Waals surface area contributed by atoms with Crippen LogP contribution in [0.25, 0.3) is 0 Å². The summed E-state index contributed by atoms with van der Waals surface area (Å²) < 4.78 is 0. The topological polar surface area (TPSA) is 76.1 Å². The number of hydrogen-bond donors (Lipinski definition) is 4. The Morgan fingerprint density at radius 3 is 0.957 bits per heavy atom. The minimum atomic E-state index is 0. The molecule has 0 spiro atoms. The van der Waals surface area contributed by atoms with E-state index in [4.69, 9.17) is 11.5 Å². The molecule has 0 saturated heterocycles. The number of hydrogen-bond acceptors (Lipinski definition) is 4. The molecule has 0 atom stereocenters. The van der Waals surface area contributed by atoms with Gasteiger partial charge < -0.3 is 22.1 Å². The SMILES string of the molecule is Br.Br.Br.Br.NCCCCNCCCCCCCNCCCCN. The van der Waals surface area contributed by atoms with Crippen LogP contribution in [0.2, 0.25) is 0 Å². The highest BCUT2D eigenvalue weighted by Gasteiger charge is 1.92. The number of rotatable bonds is 16. The highest BCUT2D eigenvalue weighted by Crippen LogP contribution is 2.01. The third kappa shape index (κ3) is 35.7. The van der Waals surface area contributed by atoms with Crippen molar-refractivity contribution in [2.24, 2.45) is 11.5 Å². The Kier molecular flexibility index (Phi) is 54.4. The van der Waals surface area contributed by atoms with Gasteiger partial charge >= 0.3 is 0 Å². The van der Waals surface area contributed by atoms with Crippen LogP contribution >= 0.6 is 67.9 Å². The summed E-state index contributed by atoms with van der Waals surface area (Å²) in [6.07, 6.45) is 11.4. The first-order chi connectivity index (χ1) is 9.41. The molecule has 0 bridgehead atoms. The molecule has 8 heteroatoms. The van der Waals surface area contributed by atoms with E-state index in [1.54, 1.807) is 0 Å². The Morgan fingerprint density at radius 2 is 0.652 bits per heavy atom. The average molecular weight is 596 g/mol. The zero-order chi connectivity index (χ0) is 14.0. The lowest BCUT2D eigenvalue weighted by Gasteiger charge is -2.05. The molecular formula is C15H40Br4N4. The van der Waals surface area contributed by atoms with Crippen LogP contribution in [0.5, 0.6) is 0 Å². The van der Waals surface area contributed by atoms with Crippen LogP contribution in [0.3, 0.4) is 0 Å². The summed E-state index contributed by atoms with van der Waals surface area (Å²) in [6.45, 7) is 6.24. The van der Waals surface area contributed by atoms with Crippen molar-refractivity contribution < 1.29 is 0 Å². The van der Waals surface area contributed by atoms with Gasteiger partial charge in [0.15, 0.2) is 0 Å². The first-order valence-electron chi connectivity index (χ1n) is 8.23. The molecule has 0 aliphatic heterocycles. The standard InChI is InChI=1S/C15H36N4.4BrH/c16-10-4-8-14-18-12-6-2-1-3-7-13-19-15-9-5-11-17;;;;/h18-19H,1-17H2;4*1H. The lowest BCUT2D eigenvalue weighted by Crippen LogP contribution is -2.18. The summed E-state index contributed by atoms with van der Waals surface area (Å²) in [4.78, 5) is 0. The minimum absolute atomic E-state index is 0. The van der Waals surface area contributed by atoms with Crippen molar-refractivity contribution in [3.63, 3.8) is 0 Å². The average Bonchev–Trinajstić information content (AvgIpc) is 2.43. The molecule has 0 heterocycles. The van der Waals surface area contributed by atoms with E-state index in [0.717, 1.165) is 39.0 Å². The lowest BCUT2D eigenvalue weighted by atomic mass is 10.1. The number of nitrogens with one attached hydrogen (secondary N) is 2. The second-order valence-electron chi connectivity index (χ2n) is 5.26. The highest BCUT2D eigenvalue weighted by molar-refractivity contribution is 8.93. The third-order valence-electron chi connectivity index (χ3n) is 3.32. The van der Waals surface area contributed by atoms with Crippen LogP contribution in [-0.2, 0) is 0 Å². The third-order valence-corrected chi connectivity index (χ3v) is 3.32. The Balaban J connectivity index is -0.000000270. The lowest BCUT2D eigenvalue weighted by molar-refractivity contribution is 0.543. The second-order valence-corrected chi connectivity index (χ2v) is 5.26. The van der Waals surface area contributed by atoms with Crippen molar-refractivity contribution in [1.82, 2.24) is 10.6 Å². The van der Waals surface area contributed by atoms with Gasteiger partial charge in [-0.2, -0.15) is 0 Å². The molecular weight excluding hydrogens is 556 g/mol. The summed E-state index contributed by atoms with van der Waals surface area (Å²) in [5.41, 5.74) is 10.9. The van der Waals surface area contributed by atoms with Crippen molar-refractivity contribution in [3.05, 3.63) is 0 Å². The van der Waals surface area contributed by atoms with Crippen LogP contribution < -0.4 is 22.1 Å². The van der Waals surface area contributed by atoms with Crippen molar-refractivity contribution in [3.8, 4) is 0 Å². The maximum absolute atomic E-state index is 5.44. The maximum Gasteiger partial charge on any atom is -0.00484 e. The molecule has 0 aliphatic rings. The Labute approximate surface area is 186 Å². The van der Waals surface area contributed by atoms with Crippen LogP contribution in [0.15, 0.2) is 0 Å². The van der Waals surface area contributed by atoms with Crippen LogP contribution in [0.4, 0.5) is 0 Å². The fourth-order valence-electron chi connectivity index (χ4n) is 2.07. The molecule has 0 radical (unpaired) electrons. The molecule has 0 amide bonds. The van der Waals surface area contributed by atoms with Gasteiger partial charge in [-0.3, -0.25) is 0 Å². The van der Waals surface area contributed by atoms with Gasteiger partial charge in [0.25, 0.3) is 0 Å². The summed E-state index contributed by atoms with van der Waals surface area (Å²) in [6, 6.07) is 0. The fourth-order valence-corrected chi connectivity index (χ4v) is 2.07. The van der Waals surface area contributed by atoms with Gasteiger partial charge in [0.05, 0.1) is 0 Å². The zero-order valence-corrected chi connectivity index (χ0v) is 21.2. The van der Waals surface area contributed by atoms with Crippen molar-refractivity contribution >= 4 is 67.9 Å². The van der Waals surface area contributed by atoms with Gasteiger partial charge in [-0.15, -0.1) is 67.9 Å². The van der Waals surface area contributed by atoms with Crippen LogP contribution in [0.1, 0.15) is 57.8 Å². The molecule has 148 valence electrons. The first-order valence-corrected chi connectivity index (χ1v) is 8.23. The smallest absolute Gasteiger partial charge is 0.00484 e. The quantitative estimate of drug-likeness (QED) is 0.204. The molecule has 23 heavy (non-hydrogen) atoms. The summed E-state index contributed by atoms with van der Waals surface area (Å²) >= 11 is 0. The molecule has 6 N–H and O–H groups in total. The van der Waals surface area contributed by atoms with Crippen LogP contribution in [-0.4, -0.2) is 39.3 Å². The molecule has 4 nitrogen and oxygen atoms in total. The molecule has 0 aromatic rings. The first kappa shape index (κ1) is 35.8. The van der Waals surface area contributed by atoms with E-state index in [9.17, 15) is 0 Å². The van der Waals surface area contributed by atoms with Gasteiger partial charge in [-0.1, -0.05) is 19.3 Å². The molecule has 0 aliphatic carbocycles. The second kappa shape index (κ2) is 35.0. The number of unbranched alkanes of at least 4 members (excludes halogenated alkanes) is 6. The molecule has 0 aromatic carbocycles. The van der Waals surface area contributed by atoms with Crippen LogP contribution in [0, 0.1) is 0 Å². The van der Waals surface area contributed by atoms with E-state index in [1.165, 1.54) is 58.0 Å².